The smallest absolute Gasteiger partial charge is 0.101 e. The average Bonchev–Trinajstić information content (AvgIpc) is 3.11. The minimum Gasteiger partial charge on any atom is -0.333 e. The van der Waals surface area contributed by atoms with Crippen LogP contribution in [0.15, 0.2) is 55.1 Å². The maximum absolute atomic E-state index is 8.94. The van der Waals surface area contributed by atoms with Crippen LogP contribution in [0.25, 0.3) is 12.2 Å². The molecule has 0 fully saturated rings. The van der Waals surface area contributed by atoms with Crippen LogP contribution in [0.3, 0.4) is 0 Å². The Labute approximate surface area is 150 Å². The SMILES string of the molecule is N#Cc1ccc(C=Cc2ccc(Cn3ccnc3)cc2)c(Cl)c1Cl. The molecule has 0 unspecified atom stereocenters. The summed E-state index contributed by atoms with van der Waals surface area (Å²) in [5.41, 5.74) is 3.41. The van der Waals surface area contributed by atoms with E-state index >= 15 is 0 Å². The van der Waals surface area contributed by atoms with Crippen LogP contribution in [0.1, 0.15) is 22.3 Å². The van der Waals surface area contributed by atoms with Crippen LogP contribution < -0.4 is 0 Å². The Morgan fingerprint density at radius 3 is 2.50 bits per heavy atom. The second-order valence-corrected chi connectivity index (χ2v) is 6.01. The van der Waals surface area contributed by atoms with Gasteiger partial charge in [0, 0.05) is 18.9 Å². The maximum atomic E-state index is 8.94. The first-order chi connectivity index (χ1) is 11.7. The first-order valence-corrected chi connectivity index (χ1v) is 8.04. The van der Waals surface area contributed by atoms with Crippen LogP contribution in [0.2, 0.25) is 10.0 Å². The van der Waals surface area contributed by atoms with Gasteiger partial charge in [-0.05, 0) is 22.8 Å². The molecular formula is C19H13Cl2N3. The Balaban J connectivity index is 1.75. The summed E-state index contributed by atoms with van der Waals surface area (Å²) in [6.45, 7) is 0.793. The minimum atomic E-state index is 0.289. The molecule has 0 amide bonds. The Morgan fingerprint density at radius 2 is 1.83 bits per heavy atom. The molecule has 118 valence electrons. The van der Waals surface area contributed by atoms with Gasteiger partial charge in [-0.2, -0.15) is 5.26 Å². The molecule has 0 aliphatic carbocycles. The largest absolute Gasteiger partial charge is 0.333 e. The van der Waals surface area contributed by atoms with E-state index in [0.717, 1.165) is 17.7 Å². The van der Waals surface area contributed by atoms with E-state index in [4.69, 9.17) is 28.5 Å². The number of benzene rings is 2. The zero-order valence-electron chi connectivity index (χ0n) is 12.7. The van der Waals surface area contributed by atoms with Gasteiger partial charge in [0.1, 0.15) is 6.07 Å². The maximum Gasteiger partial charge on any atom is 0.101 e. The molecule has 0 aliphatic rings. The van der Waals surface area contributed by atoms with Crippen LogP contribution in [-0.4, -0.2) is 9.55 Å². The molecule has 24 heavy (non-hydrogen) atoms. The number of imidazole rings is 1. The summed E-state index contributed by atoms with van der Waals surface area (Å²) in [7, 11) is 0. The quantitative estimate of drug-likeness (QED) is 0.598. The van der Waals surface area contributed by atoms with Gasteiger partial charge < -0.3 is 4.57 Å². The molecule has 1 aromatic heterocycles. The highest BCUT2D eigenvalue weighted by molar-refractivity contribution is 6.43. The van der Waals surface area contributed by atoms with Crippen molar-refractivity contribution < 1.29 is 0 Å². The number of nitrogens with zero attached hydrogens (tertiary/aromatic N) is 3. The highest BCUT2D eigenvalue weighted by atomic mass is 35.5. The third-order valence-corrected chi connectivity index (χ3v) is 4.49. The van der Waals surface area contributed by atoms with Crippen LogP contribution >= 0.6 is 23.2 Å². The molecule has 0 N–H and O–H groups in total. The summed E-state index contributed by atoms with van der Waals surface area (Å²) >= 11 is 12.3. The summed E-state index contributed by atoms with van der Waals surface area (Å²) in [5.74, 6) is 0. The van der Waals surface area contributed by atoms with Gasteiger partial charge >= 0.3 is 0 Å². The van der Waals surface area contributed by atoms with Crippen molar-refractivity contribution in [1.29, 1.82) is 5.26 Å². The van der Waals surface area contributed by atoms with E-state index in [0.29, 0.717) is 10.6 Å². The van der Waals surface area contributed by atoms with Crippen LogP contribution in [0.4, 0.5) is 0 Å². The molecule has 0 bridgehead atoms. The Morgan fingerprint density at radius 1 is 1.04 bits per heavy atom. The first kappa shape index (κ1) is 16.3. The summed E-state index contributed by atoms with van der Waals surface area (Å²) in [6.07, 6.45) is 9.35. The van der Waals surface area contributed by atoms with Gasteiger partial charge in [0.15, 0.2) is 0 Å². The molecule has 0 saturated heterocycles. The van der Waals surface area contributed by atoms with Crippen molar-refractivity contribution in [3.63, 3.8) is 0 Å². The number of hydrogen-bond donors (Lipinski definition) is 0. The second kappa shape index (κ2) is 7.35. The fraction of sp³-hybridized carbons (Fsp3) is 0.0526. The van der Waals surface area contributed by atoms with Gasteiger partial charge in [-0.1, -0.05) is 65.7 Å². The number of hydrogen-bond acceptors (Lipinski definition) is 2. The standard InChI is InChI=1S/C19H13Cl2N3/c20-18-16(7-8-17(11-22)19(18)21)6-5-14-1-3-15(4-2-14)12-24-10-9-23-13-24/h1-10,13H,12H2. The molecule has 0 radical (unpaired) electrons. The van der Waals surface area contributed by atoms with Gasteiger partial charge in [-0.3, -0.25) is 0 Å². The van der Waals surface area contributed by atoms with E-state index in [-0.39, 0.29) is 5.02 Å². The highest BCUT2D eigenvalue weighted by Gasteiger charge is 2.07. The fourth-order valence-corrected chi connectivity index (χ4v) is 2.73. The van der Waals surface area contributed by atoms with Crippen molar-refractivity contribution in [2.75, 3.05) is 0 Å². The van der Waals surface area contributed by atoms with E-state index in [2.05, 4.69) is 17.1 Å². The third-order valence-electron chi connectivity index (χ3n) is 3.59. The Kier molecular flexibility index (Phi) is 5.00. The van der Waals surface area contributed by atoms with E-state index < -0.39 is 0 Å². The zero-order valence-corrected chi connectivity index (χ0v) is 14.2. The molecule has 0 spiro atoms. The molecule has 0 aliphatic heterocycles. The van der Waals surface area contributed by atoms with Gasteiger partial charge in [0.05, 0.1) is 21.9 Å². The molecule has 3 aromatic rings. The summed E-state index contributed by atoms with van der Waals surface area (Å²) < 4.78 is 2.02. The van der Waals surface area contributed by atoms with Crippen molar-refractivity contribution in [3.05, 3.63) is 87.4 Å². The van der Waals surface area contributed by atoms with Crippen LogP contribution in [0.5, 0.6) is 0 Å². The monoisotopic (exact) mass is 353 g/mol. The van der Waals surface area contributed by atoms with Gasteiger partial charge in [-0.25, -0.2) is 4.98 Å². The number of nitriles is 1. The predicted octanol–water partition coefficient (Wildman–Crippen LogP) is 5.28. The fourth-order valence-electron chi connectivity index (χ4n) is 2.29. The average molecular weight is 354 g/mol. The van der Waals surface area contributed by atoms with Crippen molar-refractivity contribution in [2.24, 2.45) is 0 Å². The molecule has 2 aromatic carbocycles. The Bertz CT molecular complexity index is 905. The Hall–Kier alpha value is -2.54. The summed E-state index contributed by atoms with van der Waals surface area (Å²) in [6, 6.07) is 13.7. The van der Waals surface area contributed by atoms with Crippen molar-refractivity contribution in [1.82, 2.24) is 9.55 Å². The topological polar surface area (TPSA) is 41.6 Å². The molecule has 3 nitrogen and oxygen atoms in total. The van der Waals surface area contributed by atoms with Gasteiger partial charge in [0.2, 0.25) is 0 Å². The first-order valence-electron chi connectivity index (χ1n) is 7.28. The lowest BCUT2D eigenvalue weighted by Gasteiger charge is -2.04. The van der Waals surface area contributed by atoms with E-state index in [1.54, 1.807) is 24.7 Å². The molecule has 1 heterocycles. The summed E-state index contributed by atoms with van der Waals surface area (Å²) in [4.78, 5) is 4.03. The number of halogens is 2. The molecule has 3 rings (SSSR count). The van der Waals surface area contributed by atoms with E-state index in [1.165, 1.54) is 5.56 Å². The minimum absolute atomic E-state index is 0.289. The van der Waals surface area contributed by atoms with Crippen LogP contribution in [-0.2, 0) is 6.54 Å². The number of rotatable bonds is 4. The van der Waals surface area contributed by atoms with Crippen molar-refractivity contribution in [2.45, 2.75) is 6.54 Å². The lowest BCUT2D eigenvalue weighted by atomic mass is 10.1. The van der Waals surface area contributed by atoms with Crippen molar-refractivity contribution in [3.8, 4) is 6.07 Å². The lowest BCUT2D eigenvalue weighted by molar-refractivity contribution is 0.797. The normalized spacial score (nSPS) is 10.9. The summed E-state index contributed by atoms with van der Waals surface area (Å²) in [5, 5.41) is 9.62. The van der Waals surface area contributed by atoms with Crippen molar-refractivity contribution >= 4 is 35.4 Å². The van der Waals surface area contributed by atoms with E-state index in [1.807, 2.05) is 41.1 Å². The molecular weight excluding hydrogens is 341 g/mol. The number of aromatic nitrogens is 2. The predicted molar refractivity (Wildman–Crippen MR) is 97.9 cm³/mol. The molecule has 5 heteroatoms. The second-order valence-electron chi connectivity index (χ2n) is 5.25. The van der Waals surface area contributed by atoms with Gasteiger partial charge in [-0.15, -0.1) is 0 Å². The van der Waals surface area contributed by atoms with Crippen LogP contribution in [0, 0.1) is 11.3 Å². The molecule has 0 atom stereocenters. The lowest BCUT2D eigenvalue weighted by Crippen LogP contribution is -1.95. The third kappa shape index (κ3) is 3.68. The van der Waals surface area contributed by atoms with Gasteiger partial charge in [0.25, 0.3) is 0 Å². The zero-order chi connectivity index (χ0) is 16.9. The van der Waals surface area contributed by atoms with E-state index in [9.17, 15) is 0 Å². The molecule has 0 saturated carbocycles. The highest BCUT2D eigenvalue weighted by Crippen LogP contribution is 2.30.